The van der Waals surface area contributed by atoms with Crippen LogP contribution in [0.3, 0.4) is 0 Å². The lowest BCUT2D eigenvalue weighted by atomic mass is 9.49. The van der Waals surface area contributed by atoms with E-state index in [0.29, 0.717) is 13.4 Å². The van der Waals surface area contributed by atoms with E-state index in [9.17, 15) is 0 Å². The Labute approximate surface area is 123 Å². The number of hydrogen-bond acceptors (Lipinski definition) is 0. The van der Waals surface area contributed by atoms with Crippen molar-refractivity contribution in [1.82, 2.24) is 0 Å². The van der Waals surface area contributed by atoms with E-state index in [2.05, 4.69) is 87.7 Å². The smallest absolute Gasteiger partial charge is 0.0819 e. The van der Waals surface area contributed by atoms with Gasteiger partial charge in [-0.1, -0.05) is 74.3 Å². The van der Waals surface area contributed by atoms with Gasteiger partial charge in [-0.2, -0.15) is 0 Å². The molecule has 0 fully saturated rings. The zero-order valence-electron chi connectivity index (χ0n) is 12.8. The van der Waals surface area contributed by atoms with Crippen LogP contribution in [0.15, 0.2) is 48.5 Å². The van der Waals surface area contributed by atoms with Gasteiger partial charge in [-0.3, -0.25) is 0 Å². The van der Waals surface area contributed by atoms with Crippen LogP contribution >= 0.6 is 0 Å². The highest BCUT2D eigenvalue weighted by molar-refractivity contribution is 6.71. The zero-order chi connectivity index (χ0) is 14.5. The molecule has 2 heteroatoms. The molecular formula is C18H20B2. The van der Waals surface area contributed by atoms with E-state index >= 15 is 0 Å². The van der Waals surface area contributed by atoms with E-state index in [4.69, 9.17) is 0 Å². The predicted molar refractivity (Wildman–Crippen MR) is 93.1 cm³/mol. The standard InChI is InChI=1S/C18H20B2/c1-19(2)17-11-7-15(8-12-17)5-6-16-9-13-18(14-10-16)20(3)4/h7-14H,1-4H3. The second kappa shape index (κ2) is 6.53. The number of benzene rings is 2. The van der Waals surface area contributed by atoms with E-state index < -0.39 is 0 Å². The summed E-state index contributed by atoms with van der Waals surface area (Å²) >= 11 is 0. The first-order valence-corrected chi connectivity index (χ1v) is 7.28. The van der Waals surface area contributed by atoms with Crippen LogP contribution in [0.25, 0.3) is 0 Å². The normalized spacial score (nSPS) is 9.60. The number of hydrogen-bond donors (Lipinski definition) is 0. The van der Waals surface area contributed by atoms with Crippen molar-refractivity contribution in [2.75, 3.05) is 0 Å². The average molecular weight is 258 g/mol. The van der Waals surface area contributed by atoms with Crippen molar-refractivity contribution < 1.29 is 0 Å². The molecule has 2 aromatic carbocycles. The van der Waals surface area contributed by atoms with Gasteiger partial charge in [-0.05, 0) is 24.3 Å². The molecule has 0 amide bonds. The second-order valence-corrected chi connectivity index (χ2v) is 5.80. The Bertz CT molecular complexity index is 556. The molecule has 0 N–H and O–H groups in total. The van der Waals surface area contributed by atoms with Crippen LogP contribution < -0.4 is 10.9 Å². The molecule has 0 saturated carbocycles. The first-order chi connectivity index (χ1) is 9.56. The van der Waals surface area contributed by atoms with Gasteiger partial charge in [0.1, 0.15) is 0 Å². The van der Waals surface area contributed by atoms with Gasteiger partial charge >= 0.3 is 0 Å². The Morgan fingerprint density at radius 1 is 0.550 bits per heavy atom. The van der Waals surface area contributed by atoms with Crippen LogP contribution in [-0.2, 0) is 0 Å². The molecule has 0 nitrogen and oxygen atoms in total. The third-order valence-corrected chi connectivity index (χ3v) is 3.51. The van der Waals surface area contributed by atoms with Crippen LogP contribution in [0.2, 0.25) is 27.3 Å². The highest BCUT2D eigenvalue weighted by Crippen LogP contribution is 1.99. The summed E-state index contributed by atoms with van der Waals surface area (Å²) < 4.78 is 0. The van der Waals surface area contributed by atoms with Gasteiger partial charge in [0.05, 0.1) is 0 Å². The molecule has 2 aromatic rings. The van der Waals surface area contributed by atoms with Gasteiger partial charge in [0.15, 0.2) is 13.4 Å². The summed E-state index contributed by atoms with van der Waals surface area (Å²) in [6.07, 6.45) is 0. The monoisotopic (exact) mass is 258 g/mol. The fourth-order valence-electron chi connectivity index (χ4n) is 2.05. The van der Waals surface area contributed by atoms with E-state index in [1.54, 1.807) is 0 Å². The Morgan fingerprint density at radius 3 is 1.10 bits per heavy atom. The van der Waals surface area contributed by atoms with Gasteiger partial charge in [-0.15, -0.1) is 0 Å². The van der Waals surface area contributed by atoms with Gasteiger partial charge in [0.25, 0.3) is 0 Å². The van der Waals surface area contributed by atoms with Crippen LogP contribution in [0.5, 0.6) is 0 Å². The Hall–Kier alpha value is -1.87. The molecule has 0 heterocycles. The van der Waals surface area contributed by atoms with Crippen molar-refractivity contribution in [2.45, 2.75) is 27.3 Å². The third-order valence-electron chi connectivity index (χ3n) is 3.51. The van der Waals surface area contributed by atoms with Gasteiger partial charge < -0.3 is 0 Å². The van der Waals surface area contributed by atoms with Gasteiger partial charge in [0.2, 0.25) is 0 Å². The molecule has 0 bridgehead atoms. The molecule has 0 aliphatic heterocycles. The van der Waals surface area contributed by atoms with Crippen molar-refractivity contribution in [3.63, 3.8) is 0 Å². The SMILES string of the molecule is CB(C)c1ccc(C#Cc2ccc(B(C)C)cc2)cc1. The van der Waals surface area contributed by atoms with Gasteiger partial charge in [0, 0.05) is 11.1 Å². The average Bonchev–Trinajstić information content (AvgIpc) is 2.46. The maximum absolute atomic E-state index is 3.23. The maximum Gasteiger partial charge on any atom is 0.169 e. The largest absolute Gasteiger partial charge is 0.169 e. The molecule has 20 heavy (non-hydrogen) atoms. The van der Waals surface area contributed by atoms with Gasteiger partial charge in [-0.25, -0.2) is 0 Å². The minimum Gasteiger partial charge on any atom is -0.0819 e. The summed E-state index contributed by atoms with van der Waals surface area (Å²) in [7, 11) is 0. The molecular weight excluding hydrogens is 238 g/mol. The summed E-state index contributed by atoms with van der Waals surface area (Å²) in [5.41, 5.74) is 4.86. The minimum atomic E-state index is 0.570. The summed E-state index contributed by atoms with van der Waals surface area (Å²) in [5.74, 6) is 6.45. The Morgan fingerprint density at radius 2 is 0.850 bits per heavy atom. The number of rotatable bonds is 2. The summed E-state index contributed by atoms with van der Waals surface area (Å²) in [6.45, 7) is 9.96. The summed E-state index contributed by atoms with van der Waals surface area (Å²) in [5, 5.41) is 0. The quantitative estimate of drug-likeness (QED) is 0.573. The topological polar surface area (TPSA) is 0 Å². The summed E-state index contributed by atoms with van der Waals surface area (Å²) in [6, 6.07) is 17.1. The zero-order valence-corrected chi connectivity index (χ0v) is 12.8. The molecule has 0 aliphatic rings. The van der Waals surface area contributed by atoms with Crippen molar-refractivity contribution >= 4 is 24.4 Å². The van der Waals surface area contributed by atoms with Crippen LogP contribution in [-0.4, -0.2) is 13.4 Å². The molecule has 0 aromatic heterocycles. The molecule has 0 spiro atoms. The fraction of sp³-hybridized carbons (Fsp3) is 0.222. The highest BCUT2D eigenvalue weighted by atomic mass is 13.9. The molecule has 2 rings (SSSR count). The minimum absolute atomic E-state index is 0.570. The van der Waals surface area contributed by atoms with Crippen molar-refractivity contribution in [3.8, 4) is 11.8 Å². The van der Waals surface area contributed by atoms with E-state index in [-0.39, 0.29) is 0 Å². The van der Waals surface area contributed by atoms with Crippen molar-refractivity contribution in [1.29, 1.82) is 0 Å². The highest BCUT2D eigenvalue weighted by Gasteiger charge is 2.02. The molecule has 0 atom stereocenters. The van der Waals surface area contributed by atoms with E-state index in [0.717, 1.165) is 11.1 Å². The molecule has 0 aliphatic carbocycles. The van der Waals surface area contributed by atoms with Crippen molar-refractivity contribution in [3.05, 3.63) is 59.7 Å². The maximum atomic E-state index is 3.23. The lowest BCUT2D eigenvalue weighted by Gasteiger charge is -2.01. The molecule has 98 valence electrons. The van der Waals surface area contributed by atoms with Crippen LogP contribution in [0.1, 0.15) is 11.1 Å². The third kappa shape index (κ3) is 3.81. The first kappa shape index (κ1) is 14.5. The van der Waals surface area contributed by atoms with Crippen LogP contribution in [0, 0.1) is 11.8 Å². The lowest BCUT2D eigenvalue weighted by molar-refractivity contribution is 1.64. The van der Waals surface area contributed by atoms with E-state index in [1.165, 1.54) is 10.9 Å². The molecule has 0 radical (unpaired) electrons. The molecule has 0 unspecified atom stereocenters. The Balaban J connectivity index is 2.13. The lowest BCUT2D eigenvalue weighted by Crippen LogP contribution is -2.21. The summed E-state index contributed by atoms with van der Waals surface area (Å²) in [4.78, 5) is 0. The van der Waals surface area contributed by atoms with Crippen LogP contribution in [0.4, 0.5) is 0 Å². The van der Waals surface area contributed by atoms with E-state index in [1.807, 2.05) is 0 Å². The Kier molecular flexibility index (Phi) is 4.74. The second-order valence-electron chi connectivity index (χ2n) is 5.80. The predicted octanol–water partition coefficient (Wildman–Crippen LogP) is 3.01. The van der Waals surface area contributed by atoms with Crippen molar-refractivity contribution in [2.24, 2.45) is 0 Å². The molecule has 0 saturated heterocycles. The fourth-order valence-corrected chi connectivity index (χ4v) is 2.05. The first-order valence-electron chi connectivity index (χ1n) is 7.28.